The summed E-state index contributed by atoms with van der Waals surface area (Å²) in [7, 11) is 0. The van der Waals surface area contributed by atoms with Gasteiger partial charge < -0.3 is 13.9 Å². The van der Waals surface area contributed by atoms with Crippen LogP contribution in [0, 0.1) is 13.8 Å². The van der Waals surface area contributed by atoms with E-state index in [1.165, 1.54) is 11.3 Å². The van der Waals surface area contributed by atoms with Crippen molar-refractivity contribution < 1.29 is 23.5 Å². The van der Waals surface area contributed by atoms with Gasteiger partial charge in [0.25, 0.3) is 0 Å². The number of ether oxygens (including phenoxy) is 2. The first-order chi connectivity index (χ1) is 13.4. The van der Waals surface area contributed by atoms with Gasteiger partial charge in [0.05, 0.1) is 6.61 Å². The standard InChI is InChI=1S/C21H20O6S/c1-4-25-18(22)10-8-15-12(2)14-7-9-16(13(3)19(14)27-20(15)23)26-21(24)17-6-5-11-28-17/h5-7,9,11H,4,8,10H2,1-3H3. The van der Waals surface area contributed by atoms with Crippen molar-refractivity contribution in [2.45, 2.75) is 33.6 Å². The number of hydrogen-bond acceptors (Lipinski definition) is 7. The van der Waals surface area contributed by atoms with Gasteiger partial charge in [-0.3, -0.25) is 4.79 Å². The highest BCUT2D eigenvalue weighted by Gasteiger charge is 2.18. The van der Waals surface area contributed by atoms with Crippen molar-refractivity contribution in [2.24, 2.45) is 0 Å². The molecule has 2 heterocycles. The number of benzene rings is 1. The third-order valence-electron chi connectivity index (χ3n) is 4.46. The zero-order chi connectivity index (χ0) is 20.3. The summed E-state index contributed by atoms with van der Waals surface area (Å²) in [5, 5.41) is 2.54. The molecule has 3 aromatic rings. The van der Waals surface area contributed by atoms with Crippen LogP contribution < -0.4 is 10.4 Å². The molecule has 0 aliphatic carbocycles. The molecule has 0 N–H and O–H groups in total. The molecule has 146 valence electrons. The molecule has 0 radical (unpaired) electrons. The lowest BCUT2D eigenvalue weighted by atomic mass is 10.0. The molecule has 0 saturated heterocycles. The van der Waals surface area contributed by atoms with E-state index in [0.717, 1.165) is 10.9 Å². The Bertz CT molecular complexity index is 1080. The van der Waals surface area contributed by atoms with Gasteiger partial charge in [-0.2, -0.15) is 0 Å². The van der Waals surface area contributed by atoms with Crippen molar-refractivity contribution in [3.63, 3.8) is 0 Å². The Hall–Kier alpha value is -2.93. The number of esters is 2. The zero-order valence-corrected chi connectivity index (χ0v) is 16.7. The molecule has 28 heavy (non-hydrogen) atoms. The van der Waals surface area contributed by atoms with E-state index in [2.05, 4.69) is 0 Å². The number of carbonyl (C=O) groups excluding carboxylic acids is 2. The summed E-state index contributed by atoms with van der Waals surface area (Å²) in [6, 6.07) is 6.90. The maximum Gasteiger partial charge on any atom is 0.353 e. The van der Waals surface area contributed by atoms with Crippen LogP contribution in [0.1, 0.15) is 39.7 Å². The van der Waals surface area contributed by atoms with Crippen molar-refractivity contribution in [2.75, 3.05) is 6.61 Å². The van der Waals surface area contributed by atoms with Crippen LogP contribution in [-0.2, 0) is 16.0 Å². The Morgan fingerprint density at radius 3 is 2.61 bits per heavy atom. The summed E-state index contributed by atoms with van der Waals surface area (Å²) in [6.45, 7) is 5.59. The minimum Gasteiger partial charge on any atom is -0.466 e. The maximum absolute atomic E-state index is 12.5. The van der Waals surface area contributed by atoms with Crippen molar-refractivity contribution in [3.05, 3.63) is 61.6 Å². The Labute approximate surface area is 165 Å². The fraction of sp³-hybridized carbons (Fsp3) is 0.286. The lowest BCUT2D eigenvalue weighted by Crippen LogP contribution is -2.14. The van der Waals surface area contributed by atoms with Crippen LogP contribution >= 0.6 is 11.3 Å². The lowest BCUT2D eigenvalue weighted by Gasteiger charge is -2.12. The third-order valence-corrected chi connectivity index (χ3v) is 5.31. The average Bonchev–Trinajstić information content (AvgIpc) is 3.19. The van der Waals surface area contributed by atoms with Crippen LogP contribution in [0.15, 0.2) is 38.9 Å². The van der Waals surface area contributed by atoms with Crippen LogP contribution in [0.25, 0.3) is 11.0 Å². The summed E-state index contributed by atoms with van der Waals surface area (Å²) in [6.07, 6.45) is 0.359. The maximum atomic E-state index is 12.5. The summed E-state index contributed by atoms with van der Waals surface area (Å²) in [5.41, 5.74) is 1.63. The second kappa shape index (κ2) is 8.39. The molecule has 0 amide bonds. The minimum absolute atomic E-state index is 0.112. The van der Waals surface area contributed by atoms with Gasteiger partial charge in [0.2, 0.25) is 0 Å². The number of carbonyl (C=O) groups is 2. The average molecular weight is 400 g/mol. The van der Waals surface area contributed by atoms with E-state index in [1.807, 2.05) is 6.92 Å². The van der Waals surface area contributed by atoms with E-state index in [4.69, 9.17) is 13.9 Å². The van der Waals surface area contributed by atoms with Crippen molar-refractivity contribution in [1.29, 1.82) is 0 Å². The topological polar surface area (TPSA) is 82.8 Å². The third kappa shape index (κ3) is 3.99. The molecule has 3 rings (SSSR count). The first-order valence-electron chi connectivity index (χ1n) is 8.89. The van der Waals surface area contributed by atoms with E-state index in [0.29, 0.717) is 33.9 Å². The summed E-state index contributed by atoms with van der Waals surface area (Å²) >= 11 is 1.29. The van der Waals surface area contributed by atoms with Gasteiger partial charge in [0.15, 0.2) is 0 Å². The molecule has 0 fully saturated rings. The quantitative estimate of drug-likeness (QED) is 0.351. The second-order valence-electron chi connectivity index (χ2n) is 6.23. The van der Waals surface area contributed by atoms with Crippen LogP contribution in [0.3, 0.4) is 0 Å². The van der Waals surface area contributed by atoms with Crippen molar-refractivity contribution >= 4 is 34.2 Å². The predicted molar refractivity (Wildman–Crippen MR) is 106 cm³/mol. The lowest BCUT2D eigenvalue weighted by molar-refractivity contribution is -0.143. The van der Waals surface area contributed by atoms with Gasteiger partial charge in [-0.05, 0) is 56.3 Å². The summed E-state index contributed by atoms with van der Waals surface area (Å²) < 4.78 is 15.9. The first kappa shape index (κ1) is 19.8. The van der Waals surface area contributed by atoms with Gasteiger partial charge in [-0.15, -0.1) is 11.3 Å². The van der Waals surface area contributed by atoms with Crippen molar-refractivity contribution in [1.82, 2.24) is 0 Å². The Balaban J connectivity index is 1.93. The second-order valence-corrected chi connectivity index (χ2v) is 7.18. The van der Waals surface area contributed by atoms with Crippen LogP contribution in [0.5, 0.6) is 5.75 Å². The van der Waals surface area contributed by atoms with Crippen molar-refractivity contribution in [3.8, 4) is 5.75 Å². The normalized spacial score (nSPS) is 10.8. The highest BCUT2D eigenvalue weighted by Crippen LogP contribution is 2.30. The first-order valence-corrected chi connectivity index (χ1v) is 9.77. The Kier molecular flexibility index (Phi) is 5.94. The molecule has 6 nitrogen and oxygen atoms in total. The Morgan fingerprint density at radius 2 is 1.93 bits per heavy atom. The van der Waals surface area contributed by atoms with Crippen LogP contribution in [-0.4, -0.2) is 18.5 Å². The number of aryl methyl sites for hydroxylation is 2. The van der Waals surface area contributed by atoms with Gasteiger partial charge in [0, 0.05) is 22.9 Å². The van der Waals surface area contributed by atoms with E-state index in [-0.39, 0.29) is 18.8 Å². The largest absolute Gasteiger partial charge is 0.466 e. The molecule has 0 saturated carbocycles. The molecule has 1 aromatic carbocycles. The predicted octanol–water partition coefficient (Wildman–Crippen LogP) is 4.19. The summed E-state index contributed by atoms with van der Waals surface area (Å²) in [4.78, 5) is 36.8. The minimum atomic E-state index is -0.501. The fourth-order valence-corrected chi connectivity index (χ4v) is 3.57. The summed E-state index contributed by atoms with van der Waals surface area (Å²) in [5.74, 6) is -0.469. The molecule has 0 atom stereocenters. The Morgan fingerprint density at radius 1 is 1.14 bits per heavy atom. The number of fused-ring (bicyclic) bond motifs is 1. The zero-order valence-electron chi connectivity index (χ0n) is 15.9. The van der Waals surface area contributed by atoms with Gasteiger partial charge >= 0.3 is 17.6 Å². The highest BCUT2D eigenvalue weighted by molar-refractivity contribution is 7.12. The molecule has 2 aromatic heterocycles. The molecule has 0 bridgehead atoms. The molecule has 0 aliphatic rings. The molecular formula is C21H20O6S. The van der Waals surface area contributed by atoms with E-state index in [9.17, 15) is 14.4 Å². The number of hydrogen-bond donors (Lipinski definition) is 0. The SMILES string of the molecule is CCOC(=O)CCc1c(C)c2ccc(OC(=O)c3cccs3)c(C)c2oc1=O. The van der Waals surface area contributed by atoms with Crippen LogP contribution in [0.4, 0.5) is 0 Å². The van der Waals surface area contributed by atoms with Gasteiger partial charge in [0.1, 0.15) is 16.2 Å². The molecule has 0 aliphatic heterocycles. The van der Waals surface area contributed by atoms with Crippen LogP contribution in [0.2, 0.25) is 0 Å². The fourth-order valence-electron chi connectivity index (χ4n) is 2.98. The molecule has 0 unspecified atom stereocenters. The molecular weight excluding hydrogens is 380 g/mol. The number of rotatable bonds is 6. The van der Waals surface area contributed by atoms with E-state index in [1.54, 1.807) is 43.5 Å². The van der Waals surface area contributed by atoms with Gasteiger partial charge in [-0.1, -0.05) is 6.07 Å². The highest BCUT2D eigenvalue weighted by atomic mass is 32.1. The van der Waals surface area contributed by atoms with E-state index < -0.39 is 11.6 Å². The monoisotopic (exact) mass is 400 g/mol. The smallest absolute Gasteiger partial charge is 0.353 e. The van der Waals surface area contributed by atoms with E-state index >= 15 is 0 Å². The molecule has 0 spiro atoms. The van der Waals surface area contributed by atoms with Gasteiger partial charge in [-0.25, -0.2) is 9.59 Å². The number of thiophene rings is 1. The molecule has 7 heteroatoms.